The van der Waals surface area contributed by atoms with Gasteiger partial charge in [0, 0.05) is 44.3 Å². The van der Waals surface area contributed by atoms with Gasteiger partial charge in [-0.3, -0.25) is 9.78 Å². The van der Waals surface area contributed by atoms with Crippen molar-refractivity contribution in [3.8, 4) is 0 Å². The average Bonchev–Trinajstić information content (AvgIpc) is 3.26. The molecule has 0 unspecified atom stereocenters. The molecule has 158 valence electrons. The Kier molecular flexibility index (Phi) is 5.59. The SMILES string of the molecule is O=C([C@@H](F)CNS(=O)(=O)c1cccc2nonc12)N1CCN(c2ccncc2)CC1. The van der Waals surface area contributed by atoms with E-state index in [2.05, 4.69) is 29.5 Å². The van der Waals surface area contributed by atoms with E-state index in [0.29, 0.717) is 26.2 Å². The first-order valence-corrected chi connectivity index (χ1v) is 10.7. The summed E-state index contributed by atoms with van der Waals surface area (Å²) in [6.07, 6.45) is 1.38. The van der Waals surface area contributed by atoms with Crippen molar-refractivity contribution in [2.45, 2.75) is 11.1 Å². The number of pyridine rings is 1. The molecule has 1 atom stereocenters. The molecule has 1 aliphatic heterocycles. The van der Waals surface area contributed by atoms with Gasteiger partial charge in [0.2, 0.25) is 10.0 Å². The van der Waals surface area contributed by atoms with Crippen molar-refractivity contribution < 1.29 is 22.2 Å². The molecular weight excluding hydrogens is 415 g/mol. The highest BCUT2D eigenvalue weighted by Crippen LogP contribution is 2.20. The fourth-order valence-corrected chi connectivity index (χ4v) is 4.46. The zero-order valence-corrected chi connectivity index (χ0v) is 16.6. The molecule has 3 aromatic rings. The number of rotatable bonds is 6. The molecule has 2 aromatic heterocycles. The lowest BCUT2D eigenvalue weighted by atomic mass is 10.2. The number of fused-ring (bicyclic) bond motifs is 1. The van der Waals surface area contributed by atoms with Crippen molar-refractivity contribution >= 4 is 32.7 Å². The third-order valence-electron chi connectivity index (χ3n) is 4.88. The maximum absolute atomic E-state index is 14.5. The molecule has 30 heavy (non-hydrogen) atoms. The summed E-state index contributed by atoms with van der Waals surface area (Å²) in [5.74, 6) is -0.742. The van der Waals surface area contributed by atoms with E-state index in [1.54, 1.807) is 12.4 Å². The summed E-state index contributed by atoms with van der Waals surface area (Å²) >= 11 is 0. The van der Waals surface area contributed by atoms with Gasteiger partial charge in [-0.2, -0.15) is 0 Å². The lowest BCUT2D eigenvalue weighted by Crippen LogP contribution is -2.52. The van der Waals surface area contributed by atoms with Crippen LogP contribution in [0, 0.1) is 0 Å². The van der Waals surface area contributed by atoms with Crippen LogP contribution < -0.4 is 9.62 Å². The van der Waals surface area contributed by atoms with Crippen LogP contribution in [0.5, 0.6) is 0 Å². The Balaban J connectivity index is 1.34. The highest BCUT2D eigenvalue weighted by Gasteiger charge is 2.29. The molecule has 1 fully saturated rings. The van der Waals surface area contributed by atoms with E-state index < -0.39 is 28.6 Å². The quantitative estimate of drug-likeness (QED) is 0.598. The maximum Gasteiger partial charge on any atom is 0.258 e. The van der Waals surface area contributed by atoms with Crippen LogP contribution in [0.3, 0.4) is 0 Å². The summed E-state index contributed by atoms with van der Waals surface area (Å²) in [5.41, 5.74) is 1.29. The molecule has 1 N–H and O–H groups in total. The molecule has 4 rings (SSSR count). The first-order chi connectivity index (χ1) is 14.5. The molecule has 3 heterocycles. The monoisotopic (exact) mass is 434 g/mol. The molecule has 0 radical (unpaired) electrons. The number of nitrogens with one attached hydrogen (secondary N) is 1. The number of carbonyl (C=O) groups is 1. The predicted octanol–water partition coefficient (Wildman–Crippen LogP) is 0.583. The second-order valence-corrected chi connectivity index (χ2v) is 8.46. The Morgan fingerprint density at radius 3 is 2.60 bits per heavy atom. The summed E-state index contributed by atoms with van der Waals surface area (Å²) in [4.78, 5) is 19.7. The van der Waals surface area contributed by atoms with Gasteiger partial charge in [-0.1, -0.05) is 6.07 Å². The van der Waals surface area contributed by atoms with Crippen LogP contribution >= 0.6 is 0 Å². The minimum Gasteiger partial charge on any atom is -0.368 e. The number of halogens is 1. The molecular formula is C18H19FN6O4S. The first kappa shape index (κ1) is 20.2. The lowest BCUT2D eigenvalue weighted by molar-refractivity contribution is -0.136. The standard InChI is InChI=1S/C18H19FN6O4S/c19-14(12-21-30(27,28)16-3-1-2-15-17(16)23-29-22-15)18(26)25-10-8-24(9-11-25)13-4-6-20-7-5-13/h1-7,14,21H,8-12H2/t14-/m0/s1. The van der Waals surface area contributed by atoms with Gasteiger partial charge in [0.15, 0.2) is 11.7 Å². The normalized spacial score (nSPS) is 16.0. The fraction of sp³-hybridized carbons (Fsp3) is 0.333. The average molecular weight is 434 g/mol. The summed E-state index contributed by atoms with van der Waals surface area (Å²) in [6.45, 7) is 1.12. The van der Waals surface area contributed by atoms with Crippen molar-refractivity contribution in [1.29, 1.82) is 0 Å². The molecule has 1 aromatic carbocycles. The van der Waals surface area contributed by atoms with Gasteiger partial charge < -0.3 is 9.80 Å². The van der Waals surface area contributed by atoms with E-state index in [1.807, 2.05) is 12.1 Å². The molecule has 1 saturated heterocycles. The summed E-state index contributed by atoms with van der Waals surface area (Å²) < 4.78 is 46.2. The van der Waals surface area contributed by atoms with Crippen molar-refractivity contribution in [3.63, 3.8) is 0 Å². The molecule has 0 aliphatic carbocycles. The minimum atomic E-state index is -4.10. The summed E-state index contributed by atoms with van der Waals surface area (Å²) in [5, 5.41) is 7.15. The van der Waals surface area contributed by atoms with E-state index in [-0.39, 0.29) is 15.9 Å². The summed E-state index contributed by atoms with van der Waals surface area (Å²) in [6, 6.07) is 8.06. The Hall–Kier alpha value is -3.12. The Labute approximate surface area is 171 Å². The number of aromatic nitrogens is 3. The molecule has 0 saturated carbocycles. The highest BCUT2D eigenvalue weighted by molar-refractivity contribution is 7.89. The van der Waals surface area contributed by atoms with Crippen LogP contribution in [0.15, 0.2) is 52.3 Å². The third kappa shape index (κ3) is 4.09. The van der Waals surface area contributed by atoms with E-state index in [1.165, 1.54) is 23.1 Å². The van der Waals surface area contributed by atoms with Gasteiger partial charge in [0.05, 0.1) is 6.54 Å². The molecule has 12 heteroatoms. The highest BCUT2D eigenvalue weighted by atomic mass is 32.2. The van der Waals surface area contributed by atoms with Crippen LogP contribution in [-0.4, -0.2) is 73.4 Å². The predicted molar refractivity (Wildman–Crippen MR) is 105 cm³/mol. The van der Waals surface area contributed by atoms with Gasteiger partial charge >= 0.3 is 0 Å². The lowest BCUT2D eigenvalue weighted by Gasteiger charge is -2.36. The number of hydrogen-bond donors (Lipinski definition) is 1. The second-order valence-electron chi connectivity index (χ2n) is 6.73. The van der Waals surface area contributed by atoms with Crippen molar-refractivity contribution in [2.75, 3.05) is 37.6 Å². The summed E-state index contributed by atoms with van der Waals surface area (Å²) in [7, 11) is -4.10. The van der Waals surface area contributed by atoms with Crippen molar-refractivity contribution in [1.82, 2.24) is 24.9 Å². The van der Waals surface area contributed by atoms with E-state index in [0.717, 1.165) is 5.69 Å². The third-order valence-corrected chi connectivity index (χ3v) is 6.33. The number of nitrogens with zero attached hydrogens (tertiary/aromatic N) is 5. The fourth-order valence-electron chi connectivity index (χ4n) is 3.28. The molecule has 10 nitrogen and oxygen atoms in total. The zero-order chi connectivity index (χ0) is 21.1. The number of anilines is 1. The van der Waals surface area contributed by atoms with Crippen molar-refractivity contribution in [3.05, 3.63) is 42.7 Å². The second kappa shape index (κ2) is 8.32. The largest absolute Gasteiger partial charge is 0.368 e. The Bertz CT molecular complexity index is 1130. The van der Waals surface area contributed by atoms with Crippen LogP contribution in [0.2, 0.25) is 0 Å². The molecule has 0 spiro atoms. The van der Waals surface area contributed by atoms with Gasteiger partial charge in [0.1, 0.15) is 10.4 Å². The zero-order valence-electron chi connectivity index (χ0n) is 15.8. The Morgan fingerprint density at radius 1 is 1.13 bits per heavy atom. The number of carbonyl (C=O) groups excluding carboxylic acids is 1. The number of sulfonamides is 1. The van der Waals surface area contributed by atoms with Gasteiger partial charge in [-0.15, -0.1) is 0 Å². The van der Waals surface area contributed by atoms with Gasteiger partial charge in [-0.25, -0.2) is 22.2 Å². The van der Waals surface area contributed by atoms with Crippen molar-refractivity contribution in [2.24, 2.45) is 0 Å². The number of amides is 1. The van der Waals surface area contributed by atoms with Crippen LogP contribution in [0.4, 0.5) is 10.1 Å². The van der Waals surface area contributed by atoms with Crippen LogP contribution in [0.25, 0.3) is 11.0 Å². The van der Waals surface area contributed by atoms with Gasteiger partial charge in [-0.05, 0) is 34.6 Å². The number of hydrogen-bond acceptors (Lipinski definition) is 8. The minimum absolute atomic E-state index is 0.0407. The molecule has 1 amide bonds. The van der Waals surface area contributed by atoms with Crippen LogP contribution in [0.1, 0.15) is 0 Å². The number of benzene rings is 1. The number of alkyl halides is 1. The van der Waals surface area contributed by atoms with E-state index >= 15 is 0 Å². The Morgan fingerprint density at radius 2 is 1.87 bits per heavy atom. The van der Waals surface area contributed by atoms with Gasteiger partial charge in [0.25, 0.3) is 5.91 Å². The number of piperazine rings is 1. The maximum atomic E-state index is 14.5. The van der Waals surface area contributed by atoms with Crippen LogP contribution in [-0.2, 0) is 14.8 Å². The molecule has 1 aliphatic rings. The topological polar surface area (TPSA) is 122 Å². The first-order valence-electron chi connectivity index (χ1n) is 9.24. The van der Waals surface area contributed by atoms with E-state index in [4.69, 9.17) is 0 Å². The van der Waals surface area contributed by atoms with E-state index in [9.17, 15) is 17.6 Å². The smallest absolute Gasteiger partial charge is 0.258 e. The molecule has 0 bridgehead atoms.